The van der Waals surface area contributed by atoms with Crippen LogP contribution in [0.15, 0.2) is 36.1 Å². The maximum Gasteiger partial charge on any atom is 0.231 e. The molecule has 0 aromatic heterocycles. The van der Waals surface area contributed by atoms with E-state index in [1.54, 1.807) is 7.11 Å². The van der Waals surface area contributed by atoms with Crippen molar-refractivity contribution in [2.45, 2.75) is 20.4 Å². The van der Waals surface area contributed by atoms with Crippen LogP contribution in [0.2, 0.25) is 0 Å². The monoisotopic (exact) mass is 365 g/mol. The average Bonchev–Trinajstić information content (AvgIpc) is 2.98. The van der Waals surface area contributed by atoms with Gasteiger partial charge in [-0.2, -0.15) is 0 Å². The maximum atomic E-state index is 12.9. The highest BCUT2D eigenvalue weighted by Crippen LogP contribution is 2.43. The normalized spacial score (nSPS) is 17.4. The van der Waals surface area contributed by atoms with Crippen LogP contribution in [0, 0.1) is 13.8 Å². The minimum atomic E-state index is -0.0758. The predicted octanol–water partition coefficient (Wildman–Crippen LogP) is 3.72. The number of hydrogen-bond donors (Lipinski definition) is 0. The van der Waals surface area contributed by atoms with Gasteiger partial charge in [-0.25, -0.2) is 0 Å². The number of aryl methyl sites for hydroxylation is 1. The summed E-state index contributed by atoms with van der Waals surface area (Å²) in [6.07, 6.45) is 1.82. The number of methoxy groups -OCH3 is 1. The standard InChI is InChI=1S/C22H23NO4/c1-14-6-4-5-7-16(14)11-19-20(24)18-10-17-12-23(8-9-25-3)13-26-21(17)15(2)22(18)27-19/h4-7,10-11H,8-9,12-13H2,1-3H3/b19-11-. The smallest absolute Gasteiger partial charge is 0.231 e. The Morgan fingerprint density at radius 1 is 1.22 bits per heavy atom. The molecule has 0 saturated carbocycles. The summed E-state index contributed by atoms with van der Waals surface area (Å²) in [7, 11) is 1.69. The minimum absolute atomic E-state index is 0.0758. The van der Waals surface area contributed by atoms with Gasteiger partial charge in [0.15, 0.2) is 5.76 Å². The van der Waals surface area contributed by atoms with Crippen LogP contribution in [0.5, 0.6) is 11.5 Å². The third-order valence-electron chi connectivity index (χ3n) is 5.09. The van der Waals surface area contributed by atoms with E-state index in [1.165, 1.54) is 0 Å². The van der Waals surface area contributed by atoms with Crippen molar-refractivity contribution in [2.24, 2.45) is 0 Å². The number of Topliss-reactive ketones (excluding diaryl/α,β-unsaturated/α-hetero) is 1. The van der Waals surface area contributed by atoms with Gasteiger partial charge >= 0.3 is 0 Å². The van der Waals surface area contributed by atoms with Crippen LogP contribution in [-0.2, 0) is 11.3 Å². The highest BCUT2D eigenvalue weighted by atomic mass is 16.5. The summed E-state index contributed by atoms with van der Waals surface area (Å²) >= 11 is 0. The molecule has 0 saturated heterocycles. The first-order valence-corrected chi connectivity index (χ1v) is 9.09. The number of nitrogens with zero attached hydrogens (tertiary/aromatic N) is 1. The first-order chi connectivity index (χ1) is 13.1. The molecule has 0 spiro atoms. The van der Waals surface area contributed by atoms with E-state index in [0.29, 0.717) is 30.4 Å². The van der Waals surface area contributed by atoms with Crippen molar-refractivity contribution in [3.8, 4) is 11.5 Å². The van der Waals surface area contributed by atoms with Crippen LogP contribution in [0.4, 0.5) is 0 Å². The Kier molecular flexibility index (Phi) is 4.72. The van der Waals surface area contributed by atoms with Gasteiger partial charge in [0.05, 0.1) is 12.2 Å². The highest BCUT2D eigenvalue weighted by molar-refractivity contribution is 6.15. The Morgan fingerprint density at radius 3 is 2.81 bits per heavy atom. The Labute approximate surface area is 159 Å². The Bertz CT molecular complexity index is 932. The second kappa shape index (κ2) is 7.18. The van der Waals surface area contributed by atoms with Gasteiger partial charge in [-0.3, -0.25) is 9.69 Å². The Morgan fingerprint density at radius 2 is 2.04 bits per heavy atom. The Hall–Kier alpha value is -2.63. The van der Waals surface area contributed by atoms with Crippen LogP contribution < -0.4 is 9.47 Å². The van der Waals surface area contributed by atoms with E-state index < -0.39 is 0 Å². The summed E-state index contributed by atoms with van der Waals surface area (Å²) < 4.78 is 17.1. The second-order valence-corrected chi connectivity index (χ2v) is 6.98. The number of carbonyl (C=O) groups excluding carboxylic acids is 1. The van der Waals surface area contributed by atoms with Crippen molar-refractivity contribution < 1.29 is 19.0 Å². The number of rotatable bonds is 4. The first-order valence-electron chi connectivity index (χ1n) is 9.09. The number of ketones is 1. The largest absolute Gasteiger partial charge is 0.477 e. The van der Waals surface area contributed by atoms with E-state index >= 15 is 0 Å². The number of ether oxygens (including phenoxy) is 3. The summed E-state index contributed by atoms with van der Waals surface area (Å²) in [5.74, 6) is 1.73. The van der Waals surface area contributed by atoms with Crippen molar-refractivity contribution in [1.82, 2.24) is 4.90 Å². The first kappa shape index (κ1) is 17.8. The van der Waals surface area contributed by atoms with Crippen LogP contribution in [0.25, 0.3) is 6.08 Å². The molecule has 2 aliphatic rings. The molecule has 0 unspecified atom stereocenters. The lowest BCUT2D eigenvalue weighted by atomic mass is 9.99. The average molecular weight is 365 g/mol. The lowest BCUT2D eigenvalue weighted by molar-refractivity contribution is 0.0649. The molecule has 140 valence electrons. The molecule has 0 aliphatic carbocycles. The number of fused-ring (bicyclic) bond motifs is 2. The van der Waals surface area contributed by atoms with Crippen LogP contribution in [0.1, 0.15) is 32.6 Å². The zero-order chi connectivity index (χ0) is 19.0. The van der Waals surface area contributed by atoms with E-state index in [4.69, 9.17) is 14.2 Å². The Balaban J connectivity index is 1.67. The van der Waals surface area contributed by atoms with Gasteiger partial charge in [0.2, 0.25) is 5.78 Å². The van der Waals surface area contributed by atoms with E-state index in [1.807, 2.05) is 50.3 Å². The molecule has 5 heteroatoms. The van der Waals surface area contributed by atoms with Gasteiger partial charge in [0, 0.05) is 31.3 Å². The molecule has 2 aromatic rings. The zero-order valence-electron chi connectivity index (χ0n) is 15.9. The van der Waals surface area contributed by atoms with Crippen LogP contribution >= 0.6 is 0 Å². The van der Waals surface area contributed by atoms with Gasteiger partial charge in [-0.15, -0.1) is 0 Å². The zero-order valence-corrected chi connectivity index (χ0v) is 15.9. The fourth-order valence-corrected chi connectivity index (χ4v) is 3.55. The molecule has 4 rings (SSSR count). The summed E-state index contributed by atoms with van der Waals surface area (Å²) in [6.45, 7) is 6.65. The molecule has 0 radical (unpaired) electrons. The second-order valence-electron chi connectivity index (χ2n) is 6.98. The number of carbonyl (C=O) groups is 1. The molecule has 0 fully saturated rings. The summed E-state index contributed by atoms with van der Waals surface area (Å²) in [5.41, 5.74) is 4.60. The molecule has 2 heterocycles. The topological polar surface area (TPSA) is 48.0 Å². The number of allylic oxidation sites excluding steroid dienone is 1. The van der Waals surface area contributed by atoms with Gasteiger partial charge in [0.25, 0.3) is 0 Å². The van der Waals surface area contributed by atoms with Gasteiger partial charge in [0.1, 0.15) is 18.2 Å². The van der Waals surface area contributed by atoms with E-state index in [0.717, 1.165) is 41.1 Å². The summed E-state index contributed by atoms with van der Waals surface area (Å²) in [6, 6.07) is 9.85. The fourth-order valence-electron chi connectivity index (χ4n) is 3.55. The molecule has 2 aromatic carbocycles. The third kappa shape index (κ3) is 3.24. The molecule has 5 nitrogen and oxygen atoms in total. The van der Waals surface area contributed by atoms with Crippen molar-refractivity contribution in [2.75, 3.05) is 27.0 Å². The molecule has 2 aliphatic heterocycles. The molecule has 0 atom stereocenters. The fraction of sp³-hybridized carbons (Fsp3) is 0.318. The van der Waals surface area contributed by atoms with Gasteiger partial charge < -0.3 is 14.2 Å². The van der Waals surface area contributed by atoms with E-state index in [-0.39, 0.29) is 5.78 Å². The van der Waals surface area contributed by atoms with Gasteiger partial charge in [-0.05, 0) is 37.1 Å². The molecule has 0 amide bonds. The third-order valence-corrected chi connectivity index (χ3v) is 5.09. The molecule has 0 N–H and O–H groups in total. The lowest BCUT2D eigenvalue weighted by Gasteiger charge is -2.30. The maximum absolute atomic E-state index is 12.9. The van der Waals surface area contributed by atoms with Crippen molar-refractivity contribution >= 4 is 11.9 Å². The summed E-state index contributed by atoms with van der Waals surface area (Å²) in [5, 5.41) is 0. The van der Waals surface area contributed by atoms with E-state index in [9.17, 15) is 4.79 Å². The van der Waals surface area contributed by atoms with Crippen LogP contribution in [0.3, 0.4) is 0 Å². The van der Waals surface area contributed by atoms with Crippen LogP contribution in [-0.4, -0.2) is 37.7 Å². The number of hydrogen-bond acceptors (Lipinski definition) is 5. The molecular weight excluding hydrogens is 342 g/mol. The quantitative estimate of drug-likeness (QED) is 0.773. The van der Waals surface area contributed by atoms with Crippen molar-refractivity contribution in [3.63, 3.8) is 0 Å². The van der Waals surface area contributed by atoms with Crippen molar-refractivity contribution in [1.29, 1.82) is 0 Å². The van der Waals surface area contributed by atoms with Crippen molar-refractivity contribution in [3.05, 3.63) is 63.9 Å². The highest BCUT2D eigenvalue weighted by Gasteiger charge is 2.33. The summed E-state index contributed by atoms with van der Waals surface area (Å²) in [4.78, 5) is 15.1. The van der Waals surface area contributed by atoms with E-state index in [2.05, 4.69) is 4.90 Å². The predicted molar refractivity (Wildman–Crippen MR) is 103 cm³/mol. The van der Waals surface area contributed by atoms with Gasteiger partial charge in [-0.1, -0.05) is 24.3 Å². The lowest BCUT2D eigenvalue weighted by Crippen LogP contribution is -2.34. The SMILES string of the molecule is COCCN1COc2c(cc3c(c2C)O/C(=C\c2ccccc2C)C3=O)C1. The number of benzene rings is 2. The molecule has 27 heavy (non-hydrogen) atoms. The molecule has 0 bridgehead atoms. The minimum Gasteiger partial charge on any atom is -0.477 e. The molecular formula is C22H23NO4.